The van der Waals surface area contributed by atoms with Gasteiger partial charge in [-0.25, -0.2) is 4.39 Å². The van der Waals surface area contributed by atoms with Crippen LogP contribution in [0, 0.1) is 5.82 Å². The highest BCUT2D eigenvalue weighted by Crippen LogP contribution is 2.29. The van der Waals surface area contributed by atoms with E-state index in [0.717, 1.165) is 0 Å². The predicted octanol–water partition coefficient (Wildman–Crippen LogP) is 2.43. The van der Waals surface area contributed by atoms with Crippen molar-refractivity contribution in [3.8, 4) is 5.75 Å². The summed E-state index contributed by atoms with van der Waals surface area (Å²) in [6, 6.07) is 12.8. The number of ketones is 1. The van der Waals surface area contributed by atoms with Gasteiger partial charge in [-0.05, 0) is 30.3 Å². The average Bonchev–Trinajstić information content (AvgIpc) is 2.73. The van der Waals surface area contributed by atoms with Crippen molar-refractivity contribution in [2.75, 3.05) is 18.1 Å². The van der Waals surface area contributed by atoms with Gasteiger partial charge in [-0.15, -0.1) is 0 Å². The van der Waals surface area contributed by atoms with Crippen LogP contribution in [0.15, 0.2) is 48.5 Å². The number of ether oxygens (including phenoxy) is 1. The van der Waals surface area contributed by atoms with Gasteiger partial charge in [0, 0.05) is 0 Å². The number of amides is 1. The predicted molar refractivity (Wildman–Crippen MR) is 75.0 cm³/mol. The number of para-hydroxylation sites is 1. The molecule has 0 saturated heterocycles. The van der Waals surface area contributed by atoms with Gasteiger partial charge < -0.3 is 9.64 Å². The van der Waals surface area contributed by atoms with E-state index in [1.54, 1.807) is 12.1 Å². The summed E-state index contributed by atoms with van der Waals surface area (Å²) in [5.74, 6) is -1.06. The average molecular weight is 285 g/mol. The topological polar surface area (TPSA) is 46.6 Å². The maximum absolute atomic E-state index is 13.3. The molecule has 106 valence electrons. The van der Waals surface area contributed by atoms with Gasteiger partial charge in [0.15, 0.2) is 0 Å². The second-order valence-electron chi connectivity index (χ2n) is 4.61. The van der Waals surface area contributed by atoms with E-state index >= 15 is 0 Å². The number of halogens is 1. The van der Waals surface area contributed by atoms with Gasteiger partial charge in [-0.1, -0.05) is 18.2 Å². The van der Waals surface area contributed by atoms with Crippen molar-refractivity contribution in [1.82, 2.24) is 0 Å². The highest BCUT2D eigenvalue weighted by Gasteiger charge is 2.35. The van der Waals surface area contributed by atoms with Crippen molar-refractivity contribution in [1.29, 1.82) is 0 Å². The van der Waals surface area contributed by atoms with Crippen LogP contribution in [0.5, 0.6) is 5.75 Å². The molecule has 1 aliphatic heterocycles. The van der Waals surface area contributed by atoms with Crippen molar-refractivity contribution in [3.63, 3.8) is 0 Å². The number of fused-ring (bicyclic) bond motifs is 1. The number of carbonyl (C=O) groups excluding carboxylic acids is 2. The summed E-state index contributed by atoms with van der Waals surface area (Å²) in [6.07, 6.45) is 0. The van der Waals surface area contributed by atoms with Crippen LogP contribution < -0.4 is 9.64 Å². The first-order chi connectivity index (χ1) is 10.2. The molecule has 1 amide bonds. The van der Waals surface area contributed by atoms with Crippen LogP contribution in [-0.2, 0) is 4.79 Å². The van der Waals surface area contributed by atoms with Crippen LogP contribution in [0.25, 0.3) is 0 Å². The maximum atomic E-state index is 13.3. The highest BCUT2D eigenvalue weighted by molar-refractivity contribution is 6.52. The second-order valence-corrected chi connectivity index (χ2v) is 4.61. The minimum absolute atomic E-state index is 0.190. The Bertz CT molecular complexity index is 700. The van der Waals surface area contributed by atoms with Crippen molar-refractivity contribution in [2.24, 2.45) is 0 Å². The van der Waals surface area contributed by atoms with Crippen LogP contribution in [0.4, 0.5) is 10.1 Å². The molecule has 1 aliphatic rings. The van der Waals surface area contributed by atoms with Gasteiger partial charge in [0.25, 0.3) is 11.7 Å². The van der Waals surface area contributed by atoms with E-state index in [1.165, 1.54) is 23.1 Å². The lowest BCUT2D eigenvalue weighted by atomic mass is 10.1. The Kier molecular flexibility index (Phi) is 3.39. The standard InChI is InChI=1S/C16H12FNO3/c17-11-6-7-13-14(10-11)18(16(20)15(13)19)8-9-21-12-4-2-1-3-5-12/h1-7,10H,8-9H2. The van der Waals surface area contributed by atoms with Gasteiger partial charge in [0.1, 0.15) is 18.2 Å². The Morgan fingerprint density at radius 2 is 1.81 bits per heavy atom. The van der Waals surface area contributed by atoms with Gasteiger partial charge in [0.05, 0.1) is 17.8 Å². The molecule has 0 unspecified atom stereocenters. The molecule has 0 N–H and O–H groups in total. The van der Waals surface area contributed by atoms with Crippen LogP contribution in [0.1, 0.15) is 10.4 Å². The molecule has 2 aromatic carbocycles. The van der Waals surface area contributed by atoms with Gasteiger partial charge in [0.2, 0.25) is 0 Å². The summed E-state index contributed by atoms with van der Waals surface area (Å²) in [7, 11) is 0. The number of rotatable bonds is 4. The summed E-state index contributed by atoms with van der Waals surface area (Å²) in [5, 5.41) is 0. The van der Waals surface area contributed by atoms with Gasteiger partial charge >= 0.3 is 0 Å². The summed E-state index contributed by atoms with van der Waals surface area (Å²) in [4.78, 5) is 25.0. The molecule has 0 spiro atoms. The fraction of sp³-hybridized carbons (Fsp3) is 0.125. The number of anilines is 1. The van der Waals surface area contributed by atoms with Crippen molar-refractivity contribution < 1.29 is 18.7 Å². The Labute approximate surface area is 120 Å². The molecular weight excluding hydrogens is 273 g/mol. The highest BCUT2D eigenvalue weighted by atomic mass is 19.1. The van der Waals surface area contributed by atoms with E-state index in [2.05, 4.69) is 0 Å². The van der Waals surface area contributed by atoms with E-state index in [9.17, 15) is 14.0 Å². The zero-order chi connectivity index (χ0) is 14.8. The summed E-state index contributed by atoms with van der Waals surface area (Å²) >= 11 is 0. The molecule has 0 atom stereocenters. The number of benzene rings is 2. The number of nitrogens with zero attached hydrogens (tertiary/aromatic N) is 1. The minimum Gasteiger partial charge on any atom is -0.492 e. The molecular formula is C16H12FNO3. The quantitative estimate of drug-likeness (QED) is 0.811. The van der Waals surface area contributed by atoms with Crippen molar-refractivity contribution in [2.45, 2.75) is 0 Å². The minimum atomic E-state index is -0.646. The molecule has 0 bridgehead atoms. The fourth-order valence-corrected chi connectivity index (χ4v) is 2.26. The third kappa shape index (κ3) is 2.50. The first-order valence-electron chi connectivity index (χ1n) is 6.50. The number of hydrogen-bond acceptors (Lipinski definition) is 3. The van der Waals surface area contributed by atoms with E-state index in [4.69, 9.17) is 4.74 Å². The third-order valence-corrected chi connectivity index (χ3v) is 3.26. The van der Waals surface area contributed by atoms with Crippen LogP contribution >= 0.6 is 0 Å². The Hall–Kier alpha value is -2.69. The van der Waals surface area contributed by atoms with E-state index < -0.39 is 17.5 Å². The molecule has 1 heterocycles. The van der Waals surface area contributed by atoms with E-state index in [0.29, 0.717) is 11.4 Å². The van der Waals surface area contributed by atoms with Crippen LogP contribution in [0.3, 0.4) is 0 Å². The number of Topliss-reactive ketones (excluding diaryl/α,β-unsaturated/α-hetero) is 1. The summed E-state index contributed by atoms with van der Waals surface area (Å²) < 4.78 is 18.8. The Balaban J connectivity index is 1.73. The Morgan fingerprint density at radius 1 is 1.05 bits per heavy atom. The lowest BCUT2D eigenvalue weighted by molar-refractivity contribution is -0.114. The molecule has 0 aromatic heterocycles. The summed E-state index contributed by atoms with van der Waals surface area (Å²) in [5.41, 5.74) is 0.544. The van der Waals surface area contributed by atoms with Crippen molar-refractivity contribution in [3.05, 3.63) is 59.9 Å². The molecule has 0 fully saturated rings. The molecule has 0 saturated carbocycles. The van der Waals surface area contributed by atoms with Crippen LogP contribution in [0.2, 0.25) is 0 Å². The smallest absolute Gasteiger partial charge is 0.299 e. The van der Waals surface area contributed by atoms with E-state index in [1.807, 2.05) is 18.2 Å². The van der Waals surface area contributed by atoms with Gasteiger partial charge in [-0.2, -0.15) is 0 Å². The van der Waals surface area contributed by atoms with Crippen molar-refractivity contribution >= 4 is 17.4 Å². The lowest BCUT2D eigenvalue weighted by Crippen LogP contribution is -2.33. The first-order valence-corrected chi connectivity index (χ1v) is 6.50. The lowest BCUT2D eigenvalue weighted by Gasteiger charge is -2.16. The zero-order valence-electron chi connectivity index (χ0n) is 11.1. The molecule has 4 nitrogen and oxygen atoms in total. The first kappa shape index (κ1) is 13.3. The molecule has 0 radical (unpaired) electrons. The molecule has 5 heteroatoms. The largest absolute Gasteiger partial charge is 0.492 e. The molecule has 2 aromatic rings. The van der Waals surface area contributed by atoms with E-state index in [-0.39, 0.29) is 18.7 Å². The third-order valence-electron chi connectivity index (χ3n) is 3.26. The van der Waals surface area contributed by atoms with Crippen LogP contribution in [-0.4, -0.2) is 24.8 Å². The van der Waals surface area contributed by atoms with Gasteiger partial charge in [-0.3, -0.25) is 9.59 Å². The normalized spacial score (nSPS) is 13.5. The number of hydrogen-bond donors (Lipinski definition) is 0. The molecule has 0 aliphatic carbocycles. The fourth-order valence-electron chi connectivity index (χ4n) is 2.26. The monoisotopic (exact) mass is 285 g/mol. The molecule has 21 heavy (non-hydrogen) atoms. The second kappa shape index (κ2) is 5.36. The summed E-state index contributed by atoms with van der Waals surface area (Å²) in [6.45, 7) is 0.412. The zero-order valence-corrected chi connectivity index (χ0v) is 11.1. The number of carbonyl (C=O) groups is 2. The Morgan fingerprint density at radius 3 is 2.57 bits per heavy atom. The maximum Gasteiger partial charge on any atom is 0.299 e. The molecule has 3 rings (SSSR count). The SMILES string of the molecule is O=C1C(=O)N(CCOc2ccccc2)c2cc(F)ccc21.